The normalized spacial score (nSPS) is 13.8. The Balaban J connectivity index is 1.60. The van der Waals surface area contributed by atoms with Gasteiger partial charge in [-0.1, -0.05) is 23.7 Å². The first-order chi connectivity index (χ1) is 12.0. The zero-order chi connectivity index (χ0) is 17.8. The molecule has 1 saturated heterocycles. The fraction of sp³-hybridized carbons (Fsp3) is 0.263. The van der Waals surface area contributed by atoms with E-state index in [9.17, 15) is 9.59 Å². The molecule has 0 aromatic heterocycles. The third kappa shape index (κ3) is 4.31. The molecule has 1 aliphatic heterocycles. The molecule has 2 aromatic rings. The van der Waals surface area contributed by atoms with Crippen LogP contribution in [0.15, 0.2) is 42.5 Å². The number of anilines is 2. The lowest BCUT2D eigenvalue weighted by molar-refractivity contribution is -0.118. The maximum atomic E-state index is 12.0. The Morgan fingerprint density at radius 1 is 1.28 bits per heavy atom. The van der Waals surface area contributed by atoms with E-state index in [-0.39, 0.29) is 18.4 Å². The van der Waals surface area contributed by atoms with Gasteiger partial charge in [0.1, 0.15) is 5.75 Å². The molecule has 0 atom stereocenters. The van der Waals surface area contributed by atoms with E-state index in [2.05, 4.69) is 5.32 Å². The molecule has 0 unspecified atom stereocenters. The molecule has 1 heterocycles. The molecule has 6 heteroatoms. The number of halogens is 1. The number of aryl methyl sites for hydroxylation is 1. The molecule has 25 heavy (non-hydrogen) atoms. The van der Waals surface area contributed by atoms with E-state index in [0.29, 0.717) is 35.1 Å². The molecule has 0 aliphatic carbocycles. The number of hydrogen-bond donors (Lipinski definition) is 1. The predicted octanol–water partition coefficient (Wildman–Crippen LogP) is 3.79. The zero-order valence-electron chi connectivity index (χ0n) is 13.9. The van der Waals surface area contributed by atoms with E-state index in [1.807, 2.05) is 25.1 Å². The van der Waals surface area contributed by atoms with Gasteiger partial charge < -0.3 is 15.0 Å². The van der Waals surface area contributed by atoms with E-state index in [0.717, 1.165) is 12.0 Å². The zero-order valence-corrected chi connectivity index (χ0v) is 14.7. The highest BCUT2D eigenvalue weighted by atomic mass is 35.5. The maximum Gasteiger partial charge on any atom is 0.262 e. The van der Waals surface area contributed by atoms with Crippen LogP contribution >= 0.6 is 11.6 Å². The average molecular weight is 359 g/mol. The van der Waals surface area contributed by atoms with Gasteiger partial charge in [-0.15, -0.1) is 0 Å². The first kappa shape index (κ1) is 17.3. The van der Waals surface area contributed by atoms with Crippen molar-refractivity contribution in [3.63, 3.8) is 0 Å². The van der Waals surface area contributed by atoms with Gasteiger partial charge in [0.2, 0.25) is 5.91 Å². The summed E-state index contributed by atoms with van der Waals surface area (Å²) >= 11 is 6.27. The molecule has 2 amide bonds. The Bertz CT molecular complexity index is 807. The van der Waals surface area contributed by atoms with Crippen LogP contribution in [-0.4, -0.2) is 25.0 Å². The highest BCUT2D eigenvalue weighted by molar-refractivity contribution is 6.34. The van der Waals surface area contributed by atoms with Gasteiger partial charge in [-0.05, 0) is 49.2 Å². The van der Waals surface area contributed by atoms with Crippen molar-refractivity contribution in [1.29, 1.82) is 0 Å². The number of benzene rings is 2. The van der Waals surface area contributed by atoms with Crippen molar-refractivity contribution in [3.05, 3.63) is 53.1 Å². The monoisotopic (exact) mass is 358 g/mol. The summed E-state index contributed by atoms with van der Waals surface area (Å²) in [6.45, 7) is 2.55. The van der Waals surface area contributed by atoms with Gasteiger partial charge in [-0.3, -0.25) is 9.59 Å². The summed E-state index contributed by atoms with van der Waals surface area (Å²) in [7, 11) is 0. The van der Waals surface area contributed by atoms with Gasteiger partial charge in [0.05, 0.1) is 10.7 Å². The second kappa shape index (κ2) is 7.57. The fourth-order valence-electron chi connectivity index (χ4n) is 2.76. The van der Waals surface area contributed by atoms with Crippen molar-refractivity contribution < 1.29 is 14.3 Å². The lowest BCUT2D eigenvalue weighted by Gasteiger charge is -2.18. The number of rotatable bonds is 5. The van der Waals surface area contributed by atoms with Gasteiger partial charge in [0, 0.05) is 18.7 Å². The van der Waals surface area contributed by atoms with Gasteiger partial charge >= 0.3 is 0 Å². The molecule has 0 radical (unpaired) electrons. The number of nitrogens with one attached hydrogen (secondary N) is 1. The Morgan fingerprint density at radius 3 is 2.80 bits per heavy atom. The first-order valence-electron chi connectivity index (χ1n) is 8.12. The topological polar surface area (TPSA) is 58.6 Å². The standard InChI is InChI=1S/C19H19ClN2O3/c1-13-4-2-5-15(10-13)25-12-18(23)21-14-7-8-17(16(20)11-14)22-9-3-6-19(22)24/h2,4-5,7-8,10-11H,3,6,9,12H2,1H3,(H,21,23). The number of hydrogen-bond acceptors (Lipinski definition) is 3. The largest absolute Gasteiger partial charge is 0.484 e. The minimum absolute atomic E-state index is 0.0743. The summed E-state index contributed by atoms with van der Waals surface area (Å²) in [6.07, 6.45) is 1.38. The minimum Gasteiger partial charge on any atom is -0.484 e. The van der Waals surface area contributed by atoms with E-state index < -0.39 is 0 Å². The summed E-state index contributed by atoms with van der Waals surface area (Å²) < 4.78 is 5.47. The summed E-state index contributed by atoms with van der Waals surface area (Å²) in [4.78, 5) is 25.5. The molecule has 5 nitrogen and oxygen atoms in total. The second-order valence-corrected chi connectivity index (χ2v) is 6.38. The van der Waals surface area contributed by atoms with E-state index in [4.69, 9.17) is 16.3 Å². The number of carbonyl (C=O) groups is 2. The van der Waals surface area contributed by atoms with Crippen LogP contribution in [0.5, 0.6) is 5.75 Å². The van der Waals surface area contributed by atoms with Crippen LogP contribution in [0.4, 0.5) is 11.4 Å². The molecular formula is C19H19ClN2O3. The van der Waals surface area contributed by atoms with Crippen molar-refractivity contribution in [2.75, 3.05) is 23.4 Å². The SMILES string of the molecule is Cc1cccc(OCC(=O)Nc2ccc(N3CCCC3=O)c(Cl)c2)c1. The Hall–Kier alpha value is -2.53. The van der Waals surface area contributed by atoms with Crippen LogP contribution in [0.3, 0.4) is 0 Å². The summed E-state index contributed by atoms with van der Waals surface area (Å²) in [6, 6.07) is 12.6. The highest BCUT2D eigenvalue weighted by Gasteiger charge is 2.23. The van der Waals surface area contributed by atoms with Crippen LogP contribution in [0, 0.1) is 6.92 Å². The summed E-state index contributed by atoms with van der Waals surface area (Å²) in [5, 5.41) is 3.18. The smallest absolute Gasteiger partial charge is 0.262 e. The molecular weight excluding hydrogens is 340 g/mol. The van der Waals surface area contributed by atoms with E-state index in [1.54, 1.807) is 29.2 Å². The first-order valence-corrected chi connectivity index (χ1v) is 8.50. The molecule has 0 bridgehead atoms. The predicted molar refractivity (Wildman–Crippen MR) is 98.3 cm³/mol. The van der Waals surface area contributed by atoms with Crippen LogP contribution < -0.4 is 15.0 Å². The second-order valence-electron chi connectivity index (χ2n) is 5.97. The maximum absolute atomic E-state index is 12.0. The molecule has 1 aliphatic rings. The minimum atomic E-state index is -0.275. The quantitative estimate of drug-likeness (QED) is 0.884. The third-order valence-electron chi connectivity index (χ3n) is 3.96. The number of carbonyl (C=O) groups excluding carboxylic acids is 2. The molecule has 0 spiro atoms. The van der Waals surface area contributed by atoms with Gasteiger partial charge in [-0.2, -0.15) is 0 Å². The molecule has 130 valence electrons. The summed E-state index contributed by atoms with van der Waals surface area (Å²) in [5.74, 6) is 0.448. The highest BCUT2D eigenvalue weighted by Crippen LogP contribution is 2.31. The van der Waals surface area contributed by atoms with Crippen LogP contribution in [0.25, 0.3) is 0 Å². The lowest BCUT2D eigenvalue weighted by Crippen LogP contribution is -2.24. The molecule has 3 rings (SSSR count). The van der Waals surface area contributed by atoms with E-state index in [1.165, 1.54) is 0 Å². The van der Waals surface area contributed by atoms with Crippen molar-refractivity contribution in [2.24, 2.45) is 0 Å². The Kier molecular flexibility index (Phi) is 5.24. The van der Waals surface area contributed by atoms with Crippen LogP contribution in [-0.2, 0) is 9.59 Å². The van der Waals surface area contributed by atoms with Crippen molar-refractivity contribution in [2.45, 2.75) is 19.8 Å². The Labute approximate surface area is 151 Å². The lowest BCUT2D eigenvalue weighted by atomic mass is 10.2. The Morgan fingerprint density at radius 2 is 2.12 bits per heavy atom. The average Bonchev–Trinajstić information content (AvgIpc) is 2.99. The fourth-order valence-corrected chi connectivity index (χ4v) is 3.04. The van der Waals surface area contributed by atoms with E-state index >= 15 is 0 Å². The number of amides is 2. The van der Waals surface area contributed by atoms with Crippen molar-refractivity contribution >= 4 is 34.8 Å². The molecule has 2 aromatic carbocycles. The number of nitrogens with zero attached hydrogens (tertiary/aromatic N) is 1. The molecule has 1 N–H and O–H groups in total. The molecule has 0 saturated carbocycles. The van der Waals surface area contributed by atoms with Crippen LogP contribution in [0.2, 0.25) is 5.02 Å². The number of ether oxygens (including phenoxy) is 1. The van der Waals surface area contributed by atoms with Gasteiger partial charge in [0.25, 0.3) is 5.91 Å². The third-order valence-corrected chi connectivity index (χ3v) is 4.26. The van der Waals surface area contributed by atoms with Gasteiger partial charge in [0.15, 0.2) is 6.61 Å². The van der Waals surface area contributed by atoms with Crippen molar-refractivity contribution in [3.8, 4) is 5.75 Å². The summed E-state index contributed by atoms with van der Waals surface area (Å²) in [5.41, 5.74) is 2.31. The van der Waals surface area contributed by atoms with Gasteiger partial charge in [-0.25, -0.2) is 0 Å². The van der Waals surface area contributed by atoms with Crippen molar-refractivity contribution in [1.82, 2.24) is 0 Å². The van der Waals surface area contributed by atoms with Crippen LogP contribution in [0.1, 0.15) is 18.4 Å². The molecule has 1 fully saturated rings.